The minimum Gasteiger partial charge on any atom is -0.349 e. The van der Waals surface area contributed by atoms with Crippen LogP contribution in [0.4, 0.5) is 5.95 Å². The Hall–Kier alpha value is -2.67. The minimum absolute atomic E-state index is 0.0354. The second-order valence-electron chi connectivity index (χ2n) is 7.39. The van der Waals surface area contributed by atoms with Crippen LogP contribution in [0.2, 0.25) is 5.02 Å². The Morgan fingerprint density at radius 3 is 2.50 bits per heavy atom. The van der Waals surface area contributed by atoms with Crippen molar-refractivity contribution < 1.29 is 9.59 Å². The van der Waals surface area contributed by atoms with Crippen molar-refractivity contribution in [2.45, 2.75) is 39.7 Å². The van der Waals surface area contributed by atoms with Crippen molar-refractivity contribution in [1.29, 1.82) is 0 Å². The zero-order valence-corrected chi connectivity index (χ0v) is 18.4. The average Bonchev–Trinajstić information content (AvgIpc) is 2.76. The Kier molecular flexibility index (Phi) is 7.26. The van der Waals surface area contributed by atoms with Crippen LogP contribution in [-0.4, -0.2) is 58.9 Å². The van der Waals surface area contributed by atoms with E-state index in [0.29, 0.717) is 37.4 Å². The molecule has 1 saturated heterocycles. The van der Waals surface area contributed by atoms with Gasteiger partial charge in [0.2, 0.25) is 5.95 Å². The van der Waals surface area contributed by atoms with Crippen molar-refractivity contribution >= 4 is 29.4 Å². The van der Waals surface area contributed by atoms with Crippen molar-refractivity contribution in [3.63, 3.8) is 0 Å². The molecule has 0 atom stereocenters. The highest BCUT2D eigenvalue weighted by Crippen LogP contribution is 2.21. The van der Waals surface area contributed by atoms with Crippen LogP contribution in [0.25, 0.3) is 0 Å². The third-order valence-corrected chi connectivity index (χ3v) is 5.76. The van der Waals surface area contributed by atoms with Gasteiger partial charge in [0.15, 0.2) is 5.69 Å². The molecule has 1 fully saturated rings. The monoisotopic (exact) mass is 429 g/mol. The number of rotatable bonds is 6. The van der Waals surface area contributed by atoms with E-state index in [1.807, 2.05) is 49.9 Å². The van der Waals surface area contributed by atoms with Gasteiger partial charge in [0.05, 0.1) is 11.2 Å². The molecule has 2 aromatic rings. The largest absolute Gasteiger partial charge is 0.349 e. The lowest BCUT2D eigenvalue weighted by Gasteiger charge is -2.32. The molecule has 30 heavy (non-hydrogen) atoms. The van der Waals surface area contributed by atoms with Crippen molar-refractivity contribution in [3.8, 4) is 0 Å². The number of anilines is 1. The van der Waals surface area contributed by atoms with E-state index >= 15 is 0 Å². The van der Waals surface area contributed by atoms with E-state index < -0.39 is 0 Å². The van der Waals surface area contributed by atoms with Gasteiger partial charge in [-0.1, -0.05) is 29.8 Å². The van der Waals surface area contributed by atoms with Gasteiger partial charge < -0.3 is 15.1 Å². The van der Waals surface area contributed by atoms with Gasteiger partial charge in [-0.2, -0.15) is 0 Å². The number of aromatic nitrogens is 2. The molecular weight excluding hydrogens is 402 g/mol. The number of amides is 2. The van der Waals surface area contributed by atoms with Crippen LogP contribution >= 0.6 is 11.6 Å². The number of piperidine rings is 1. The fraction of sp³-hybridized carbons (Fsp3) is 0.455. The summed E-state index contributed by atoms with van der Waals surface area (Å²) in [5, 5.41) is 3.35. The van der Waals surface area contributed by atoms with E-state index in [1.165, 1.54) is 6.20 Å². The molecule has 0 unspecified atom stereocenters. The standard InChI is InChI=1S/C22H28ClN5O2/c1-4-27(5-2)22-24-14-18(23)19(26-22)21(30)28-12-10-16(11-13-28)25-20(29)17-9-7-6-8-15(17)3/h6-9,14,16H,4-5,10-13H2,1-3H3,(H,25,29). The maximum absolute atomic E-state index is 13.0. The number of nitrogens with one attached hydrogen (secondary N) is 1. The number of carbonyl (C=O) groups is 2. The van der Waals surface area contributed by atoms with Gasteiger partial charge >= 0.3 is 0 Å². The van der Waals surface area contributed by atoms with Gasteiger partial charge in [0, 0.05) is 37.8 Å². The zero-order chi connectivity index (χ0) is 21.7. The molecule has 2 amide bonds. The van der Waals surface area contributed by atoms with Gasteiger partial charge in [-0.05, 0) is 45.2 Å². The molecule has 8 heteroatoms. The summed E-state index contributed by atoms with van der Waals surface area (Å²) >= 11 is 6.23. The Morgan fingerprint density at radius 1 is 1.20 bits per heavy atom. The first-order valence-corrected chi connectivity index (χ1v) is 10.8. The third-order valence-electron chi connectivity index (χ3n) is 5.49. The molecule has 0 saturated carbocycles. The van der Waals surface area contributed by atoms with Crippen LogP contribution in [0.5, 0.6) is 0 Å². The van der Waals surface area contributed by atoms with Gasteiger partial charge in [0.1, 0.15) is 0 Å². The van der Waals surface area contributed by atoms with E-state index in [9.17, 15) is 9.59 Å². The molecule has 7 nitrogen and oxygen atoms in total. The normalized spacial score (nSPS) is 14.5. The second-order valence-corrected chi connectivity index (χ2v) is 7.80. The molecular formula is C22H28ClN5O2. The maximum atomic E-state index is 13.0. The Balaban J connectivity index is 1.62. The number of likely N-dealkylation sites (tertiary alicyclic amines) is 1. The summed E-state index contributed by atoms with van der Waals surface area (Å²) in [4.78, 5) is 38.0. The van der Waals surface area contributed by atoms with Crippen LogP contribution in [0.15, 0.2) is 30.5 Å². The fourth-order valence-corrected chi connectivity index (χ4v) is 3.81. The Morgan fingerprint density at radius 2 is 1.87 bits per heavy atom. The van der Waals surface area contributed by atoms with Crippen LogP contribution in [0.1, 0.15) is 53.1 Å². The fourth-order valence-electron chi connectivity index (χ4n) is 3.63. The molecule has 0 aliphatic carbocycles. The highest BCUT2D eigenvalue weighted by atomic mass is 35.5. The predicted octanol–water partition coefficient (Wildman–Crippen LogP) is 3.32. The SMILES string of the molecule is CCN(CC)c1ncc(Cl)c(C(=O)N2CCC(NC(=O)c3ccccc3C)CC2)n1. The zero-order valence-electron chi connectivity index (χ0n) is 17.7. The number of hydrogen-bond donors (Lipinski definition) is 1. The summed E-state index contributed by atoms with van der Waals surface area (Å²) in [6.07, 6.45) is 2.87. The average molecular weight is 430 g/mol. The molecule has 1 N–H and O–H groups in total. The number of benzene rings is 1. The number of halogens is 1. The van der Waals surface area contributed by atoms with Crippen LogP contribution in [-0.2, 0) is 0 Å². The highest BCUT2D eigenvalue weighted by molar-refractivity contribution is 6.33. The molecule has 0 spiro atoms. The van der Waals surface area contributed by atoms with E-state index in [2.05, 4.69) is 15.3 Å². The predicted molar refractivity (Wildman–Crippen MR) is 118 cm³/mol. The summed E-state index contributed by atoms with van der Waals surface area (Å²) in [7, 11) is 0. The van der Waals surface area contributed by atoms with Crippen molar-refractivity contribution in [2.24, 2.45) is 0 Å². The smallest absolute Gasteiger partial charge is 0.274 e. The number of aryl methyl sites for hydroxylation is 1. The van der Waals surface area contributed by atoms with E-state index in [-0.39, 0.29) is 28.6 Å². The quantitative estimate of drug-likeness (QED) is 0.762. The molecule has 1 aliphatic heterocycles. The first-order chi connectivity index (χ1) is 14.4. The van der Waals surface area contributed by atoms with Crippen molar-refractivity contribution in [2.75, 3.05) is 31.1 Å². The summed E-state index contributed by atoms with van der Waals surface area (Å²) in [5.74, 6) is 0.244. The summed E-state index contributed by atoms with van der Waals surface area (Å²) < 4.78 is 0. The molecule has 0 bridgehead atoms. The van der Waals surface area contributed by atoms with Crippen molar-refractivity contribution in [3.05, 3.63) is 52.3 Å². The first-order valence-electron chi connectivity index (χ1n) is 10.4. The molecule has 1 aromatic carbocycles. The molecule has 160 valence electrons. The van der Waals surface area contributed by atoms with E-state index in [1.54, 1.807) is 4.90 Å². The second kappa shape index (κ2) is 9.89. The molecule has 3 rings (SSSR count). The van der Waals surface area contributed by atoms with Crippen LogP contribution in [0.3, 0.4) is 0 Å². The van der Waals surface area contributed by atoms with E-state index in [0.717, 1.165) is 18.7 Å². The summed E-state index contributed by atoms with van der Waals surface area (Å²) in [6, 6.07) is 7.57. The molecule has 1 aliphatic rings. The van der Waals surface area contributed by atoms with Crippen LogP contribution in [0, 0.1) is 6.92 Å². The number of carbonyl (C=O) groups excluding carboxylic acids is 2. The Labute approximate surface area is 182 Å². The summed E-state index contributed by atoms with van der Waals surface area (Å²) in [5.41, 5.74) is 1.87. The van der Waals surface area contributed by atoms with Gasteiger partial charge in [-0.25, -0.2) is 9.97 Å². The summed E-state index contributed by atoms with van der Waals surface area (Å²) in [6.45, 7) is 8.53. The number of hydrogen-bond acceptors (Lipinski definition) is 5. The van der Waals surface area contributed by atoms with Crippen molar-refractivity contribution in [1.82, 2.24) is 20.2 Å². The van der Waals surface area contributed by atoms with Crippen LogP contribution < -0.4 is 10.2 Å². The lowest BCUT2D eigenvalue weighted by atomic mass is 10.0. The molecule has 2 heterocycles. The topological polar surface area (TPSA) is 78.4 Å². The number of nitrogens with zero attached hydrogens (tertiary/aromatic N) is 4. The third kappa shape index (κ3) is 4.90. The van der Waals surface area contributed by atoms with Gasteiger partial charge in [0.25, 0.3) is 11.8 Å². The Bertz CT molecular complexity index is 908. The lowest BCUT2D eigenvalue weighted by Crippen LogP contribution is -2.47. The maximum Gasteiger partial charge on any atom is 0.274 e. The van der Waals surface area contributed by atoms with E-state index in [4.69, 9.17) is 11.6 Å². The molecule has 0 radical (unpaired) electrons. The van der Waals surface area contributed by atoms with Gasteiger partial charge in [-0.3, -0.25) is 9.59 Å². The lowest BCUT2D eigenvalue weighted by molar-refractivity contribution is 0.0692. The highest BCUT2D eigenvalue weighted by Gasteiger charge is 2.27. The molecule has 1 aromatic heterocycles. The van der Waals surface area contributed by atoms with Gasteiger partial charge in [-0.15, -0.1) is 0 Å². The minimum atomic E-state index is -0.195. The first kappa shape index (κ1) is 22.0.